The van der Waals surface area contributed by atoms with Crippen LogP contribution >= 0.6 is 0 Å². The SMILES string of the molecule is NC(=O)C(NCc1ccc(NCc2cccc(F)c2)cc1)c1ccccc1F. The summed E-state index contributed by atoms with van der Waals surface area (Å²) in [5, 5.41) is 6.22. The zero-order chi connectivity index (χ0) is 19.9. The minimum absolute atomic E-state index is 0.225. The Morgan fingerprint density at radius 2 is 1.64 bits per heavy atom. The molecule has 0 spiro atoms. The molecule has 0 fully saturated rings. The van der Waals surface area contributed by atoms with E-state index in [1.54, 1.807) is 18.2 Å². The summed E-state index contributed by atoms with van der Waals surface area (Å²) >= 11 is 0. The van der Waals surface area contributed by atoms with Crippen LogP contribution < -0.4 is 16.4 Å². The van der Waals surface area contributed by atoms with E-state index in [1.807, 2.05) is 30.3 Å². The lowest BCUT2D eigenvalue weighted by Gasteiger charge is -2.17. The largest absolute Gasteiger partial charge is 0.381 e. The lowest BCUT2D eigenvalue weighted by atomic mass is 10.1. The van der Waals surface area contributed by atoms with Crippen molar-refractivity contribution < 1.29 is 13.6 Å². The number of carbonyl (C=O) groups excluding carboxylic acids is 1. The summed E-state index contributed by atoms with van der Waals surface area (Å²) in [4.78, 5) is 11.7. The molecule has 6 heteroatoms. The second-order valence-corrected chi connectivity index (χ2v) is 6.42. The van der Waals surface area contributed by atoms with Gasteiger partial charge in [0.15, 0.2) is 0 Å². The molecule has 0 aliphatic carbocycles. The predicted molar refractivity (Wildman–Crippen MR) is 105 cm³/mol. The van der Waals surface area contributed by atoms with Gasteiger partial charge in [-0.3, -0.25) is 10.1 Å². The normalized spacial score (nSPS) is 11.8. The Kier molecular flexibility index (Phi) is 6.34. The van der Waals surface area contributed by atoms with E-state index >= 15 is 0 Å². The van der Waals surface area contributed by atoms with Crippen LogP contribution in [0.3, 0.4) is 0 Å². The summed E-state index contributed by atoms with van der Waals surface area (Å²) in [5.74, 6) is -1.38. The van der Waals surface area contributed by atoms with Crippen LogP contribution in [0.5, 0.6) is 0 Å². The fourth-order valence-corrected chi connectivity index (χ4v) is 2.88. The molecule has 0 saturated carbocycles. The monoisotopic (exact) mass is 381 g/mol. The highest BCUT2D eigenvalue weighted by molar-refractivity contribution is 5.81. The Bertz CT molecular complexity index is 945. The number of benzene rings is 3. The number of amides is 1. The van der Waals surface area contributed by atoms with Crippen LogP contribution in [0.4, 0.5) is 14.5 Å². The van der Waals surface area contributed by atoms with Crippen molar-refractivity contribution in [2.45, 2.75) is 19.1 Å². The van der Waals surface area contributed by atoms with Gasteiger partial charge in [0, 0.05) is 24.3 Å². The van der Waals surface area contributed by atoms with E-state index in [9.17, 15) is 13.6 Å². The molecule has 0 aliphatic rings. The standard InChI is InChI=1S/C22H21F2N3O/c23-17-5-3-4-16(12-17)14-26-18-10-8-15(9-11-18)13-27-21(22(25)28)19-6-1-2-7-20(19)24/h1-12,21,26-27H,13-14H2,(H2,25,28). The minimum Gasteiger partial charge on any atom is -0.381 e. The first-order chi connectivity index (χ1) is 13.5. The summed E-state index contributed by atoms with van der Waals surface area (Å²) in [6, 6.07) is 19.1. The van der Waals surface area contributed by atoms with Gasteiger partial charge in [-0.25, -0.2) is 8.78 Å². The molecular weight excluding hydrogens is 360 g/mol. The van der Waals surface area contributed by atoms with Gasteiger partial charge in [-0.05, 0) is 41.5 Å². The Hall–Kier alpha value is -3.25. The van der Waals surface area contributed by atoms with Gasteiger partial charge in [0.25, 0.3) is 0 Å². The number of hydrogen-bond donors (Lipinski definition) is 3. The van der Waals surface area contributed by atoms with Crippen molar-refractivity contribution in [3.05, 3.63) is 101 Å². The van der Waals surface area contributed by atoms with Crippen molar-refractivity contribution in [2.24, 2.45) is 5.73 Å². The number of carbonyl (C=O) groups is 1. The highest BCUT2D eigenvalue weighted by atomic mass is 19.1. The average Bonchev–Trinajstić information content (AvgIpc) is 2.68. The maximum Gasteiger partial charge on any atom is 0.239 e. The highest BCUT2D eigenvalue weighted by Crippen LogP contribution is 2.18. The van der Waals surface area contributed by atoms with Gasteiger partial charge >= 0.3 is 0 Å². The van der Waals surface area contributed by atoms with Crippen molar-refractivity contribution in [3.8, 4) is 0 Å². The van der Waals surface area contributed by atoms with Gasteiger partial charge in [0.2, 0.25) is 5.91 Å². The fourth-order valence-electron chi connectivity index (χ4n) is 2.88. The third-order valence-electron chi connectivity index (χ3n) is 4.35. The van der Waals surface area contributed by atoms with Gasteiger partial charge < -0.3 is 11.1 Å². The Balaban J connectivity index is 1.59. The summed E-state index contributed by atoms with van der Waals surface area (Å²) < 4.78 is 27.2. The topological polar surface area (TPSA) is 67.2 Å². The number of hydrogen-bond acceptors (Lipinski definition) is 3. The molecule has 0 bridgehead atoms. The quantitative estimate of drug-likeness (QED) is 0.555. The number of halogens is 2. The summed E-state index contributed by atoms with van der Waals surface area (Å²) in [6.45, 7) is 0.860. The van der Waals surface area contributed by atoms with Crippen LogP contribution in [-0.4, -0.2) is 5.91 Å². The maximum absolute atomic E-state index is 13.9. The Labute approximate surface area is 162 Å². The van der Waals surface area contributed by atoms with E-state index < -0.39 is 17.8 Å². The van der Waals surface area contributed by atoms with Gasteiger partial charge in [-0.1, -0.05) is 42.5 Å². The summed E-state index contributed by atoms with van der Waals surface area (Å²) in [5.41, 5.74) is 8.30. The molecule has 3 aromatic carbocycles. The van der Waals surface area contributed by atoms with Crippen LogP contribution in [0.2, 0.25) is 0 Å². The molecule has 0 radical (unpaired) electrons. The zero-order valence-electron chi connectivity index (χ0n) is 15.2. The van der Waals surface area contributed by atoms with E-state index in [2.05, 4.69) is 10.6 Å². The smallest absolute Gasteiger partial charge is 0.239 e. The van der Waals surface area contributed by atoms with Crippen LogP contribution in [0.1, 0.15) is 22.7 Å². The molecule has 3 rings (SSSR count). The average molecular weight is 381 g/mol. The van der Waals surface area contributed by atoms with Crippen LogP contribution in [0, 0.1) is 11.6 Å². The third kappa shape index (κ3) is 5.14. The first kappa shape index (κ1) is 19.5. The Morgan fingerprint density at radius 1 is 0.893 bits per heavy atom. The van der Waals surface area contributed by atoms with Crippen molar-refractivity contribution in [1.82, 2.24) is 5.32 Å². The van der Waals surface area contributed by atoms with E-state index in [4.69, 9.17) is 5.73 Å². The Morgan fingerprint density at radius 3 is 2.32 bits per heavy atom. The van der Waals surface area contributed by atoms with Gasteiger partial charge in [0.05, 0.1) is 0 Å². The second kappa shape index (κ2) is 9.10. The van der Waals surface area contributed by atoms with Crippen LogP contribution in [0.15, 0.2) is 72.8 Å². The van der Waals surface area contributed by atoms with Crippen molar-refractivity contribution in [3.63, 3.8) is 0 Å². The molecule has 0 saturated heterocycles. The molecule has 0 heterocycles. The lowest BCUT2D eigenvalue weighted by molar-refractivity contribution is -0.120. The predicted octanol–water partition coefficient (Wildman–Crippen LogP) is 3.89. The van der Waals surface area contributed by atoms with Gasteiger partial charge in [0.1, 0.15) is 17.7 Å². The molecule has 1 unspecified atom stereocenters. The molecule has 1 amide bonds. The molecule has 28 heavy (non-hydrogen) atoms. The van der Waals surface area contributed by atoms with E-state index in [0.29, 0.717) is 13.1 Å². The fraction of sp³-hybridized carbons (Fsp3) is 0.136. The van der Waals surface area contributed by atoms with Crippen LogP contribution in [0.25, 0.3) is 0 Å². The molecule has 4 N–H and O–H groups in total. The number of nitrogens with one attached hydrogen (secondary N) is 2. The maximum atomic E-state index is 13.9. The first-order valence-electron chi connectivity index (χ1n) is 8.87. The highest BCUT2D eigenvalue weighted by Gasteiger charge is 2.20. The summed E-state index contributed by atoms with van der Waals surface area (Å²) in [6.07, 6.45) is 0. The molecule has 144 valence electrons. The van der Waals surface area contributed by atoms with Crippen molar-refractivity contribution in [2.75, 3.05) is 5.32 Å². The molecule has 3 aromatic rings. The van der Waals surface area contributed by atoms with Gasteiger partial charge in [-0.15, -0.1) is 0 Å². The number of nitrogens with two attached hydrogens (primary N) is 1. The number of anilines is 1. The van der Waals surface area contributed by atoms with Crippen LogP contribution in [-0.2, 0) is 17.9 Å². The van der Waals surface area contributed by atoms with Crippen molar-refractivity contribution >= 4 is 11.6 Å². The zero-order valence-corrected chi connectivity index (χ0v) is 15.2. The molecule has 0 aromatic heterocycles. The number of rotatable bonds is 8. The van der Waals surface area contributed by atoms with E-state index in [-0.39, 0.29) is 11.4 Å². The minimum atomic E-state index is -0.910. The molecule has 1 atom stereocenters. The third-order valence-corrected chi connectivity index (χ3v) is 4.35. The van der Waals surface area contributed by atoms with Gasteiger partial charge in [-0.2, -0.15) is 0 Å². The first-order valence-corrected chi connectivity index (χ1v) is 8.87. The molecular formula is C22H21F2N3O. The molecule has 0 aliphatic heterocycles. The second-order valence-electron chi connectivity index (χ2n) is 6.42. The van der Waals surface area contributed by atoms with E-state index in [0.717, 1.165) is 16.8 Å². The van der Waals surface area contributed by atoms with Crippen molar-refractivity contribution in [1.29, 1.82) is 0 Å². The van der Waals surface area contributed by atoms with E-state index in [1.165, 1.54) is 24.3 Å². The number of primary amides is 1. The molecule has 4 nitrogen and oxygen atoms in total. The summed E-state index contributed by atoms with van der Waals surface area (Å²) in [7, 11) is 0. The lowest BCUT2D eigenvalue weighted by Crippen LogP contribution is -2.33.